The normalized spacial score (nSPS) is 9.95. The van der Waals surface area contributed by atoms with Crippen molar-refractivity contribution in [3.8, 4) is 5.75 Å². The summed E-state index contributed by atoms with van der Waals surface area (Å²) >= 11 is 4.78. The van der Waals surface area contributed by atoms with Gasteiger partial charge in [0.15, 0.2) is 0 Å². The van der Waals surface area contributed by atoms with Crippen LogP contribution in [0.2, 0.25) is 0 Å². The molecule has 0 heterocycles. The van der Waals surface area contributed by atoms with E-state index in [0.29, 0.717) is 17.0 Å². The predicted octanol–water partition coefficient (Wildman–Crippen LogP) is 2.91. The topological polar surface area (TPSA) is 64.3 Å². The highest BCUT2D eigenvalue weighted by atomic mass is 32.1. The van der Waals surface area contributed by atoms with Gasteiger partial charge in [0.05, 0.1) is 5.69 Å². The smallest absolute Gasteiger partial charge is 0.255 e. The molecule has 0 saturated carbocycles. The highest BCUT2D eigenvalue weighted by Crippen LogP contribution is 2.24. The molecule has 0 bridgehead atoms. The molecule has 21 heavy (non-hydrogen) atoms. The van der Waals surface area contributed by atoms with E-state index < -0.39 is 0 Å². The number of rotatable bonds is 5. The van der Waals surface area contributed by atoms with Crippen LogP contribution in [0, 0.1) is 6.92 Å². The molecular weight excluding hydrogens is 284 g/mol. The molecule has 5 heteroatoms. The summed E-state index contributed by atoms with van der Waals surface area (Å²) in [5.74, 6) is 0.344. The molecule has 4 nitrogen and oxygen atoms in total. The molecular formula is C16H16N2O2S. The SMILES string of the molecule is Cc1cccc(C(=O)Nc2ccccc2OCC(N)=S)c1. The quantitative estimate of drug-likeness (QED) is 0.833. The van der Waals surface area contributed by atoms with Gasteiger partial charge >= 0.3 is 0 Å². The lowest BCUT2D eigenvalue weighted by Crippen LogP contribution is -2.19. The fourth-order valence-electron chi connectivity index (χ4n) is 1.83. The fraction of sp³-hybridized carbons (Fsp3) is 0.125. The second kappa shape index (κ2) is 6.85. The third-order valence-corrected chi connectivity index (χ3v) is 2.90. The molecule has 0 aliphatic heterocycles. The van der Waals surface area contributed by atoms with Gasteiger partial charge in [-0.15, -0.1) is 0 Å². The van der Waals surface area contributed by atoms with E-state index in [0.717, 1.165) is 5.56 Å². The molecule has 2 rings (SSSR count). The van der Waals surface area contributed by atoms with Crippen molar-refractivity contribution in [2.24, 2.45) is 5.73 Å². The number of carbonyl (C=O) groups excluding carboxylic acids is 1. The van der Waals surface area contributed by atoms with Crippen LogP contribution in [0.3, 0.4) is 0 Å². The Morgan fingerprint density at radius 1 is 1.24 bits per heavy atom. The Hall–Kier alpha value is -2.40. The van der Waals surface area contributed by atoms with Gasteiger partial charge in [-0.2, -0.15) is 0 Å². The van der Waals surface area contributed by atoms with Crippen LogP contribution in [0.5, 0.6) is 5.75 Å². The van der Waals surface area contributed by atoms with E-state index in [1.165, 1.54) is 0 Å². The van der Waals surface area contributed by atoms with E-state index in [1.807, 2.05) is 37.3 Å². The van der Waals surface area contributed by atoms with Crippen LogP contribution in [0.25, 0.3) is 0 Å². The van der Waals surface area contributed by atoms with Crippen LogP contribution in [0.4, 0.5) is 5.69 Å². The van der Waals surface area contributed by atoms with Gasteiger partial charge in [-0.1, -0.05) is 42.0 Å². The Balaban J connectivity index is 2.15. The molecule has 0 atom stereocenters. The second-order valence-corrected chi connectivity index (χ2v) is 5.10. The molecule has 0 aliphatic carbocycles. The number of nitrogens with two attached hydrogens (primary N) is 1. The maximum absolute atomic E-state index is 12.2. The van der Waals surface area contributed by atoms with Gasteiger partial charge in [0.2, 0.25) is 0 Å². The van der Waals surface area contributed by atoms with Crippen molar-refractivity contribution in [2.75, 3.05) is 11.9 Å². The average Bonchev–Trinajstić information content (AvgIpc) is 2.46. The maximum Gasteiger partial charge on any atom is 0.255 e. The second-order valence-electron chi connectivity index (χ2n) is 4.57. The van der Waals surface area contributed by atoms with Crippen LogP contribution < -0.4 is 15.8 Å². The lowest BCUT2D eigenvalue weighted by Gasteiger charge is -2.12. The third-order valence-electron chi connectivity index (χ3n) is 2.79. The molecule has 0 spiro atoms. The zero-order valence-electron chi connectivity index (χ0n) is 11.6. The summed E-state index contributed by atoms with van der Waals surface area (Å²) in [6.07, 6.45) is 0. The first-order valence-corrected chi connectivity index (χ1v) is 6.85. The van der Waals surface area contributed by atoms with Gasteiger partial charge in [0.1, 0.15) is 17.3 Å². The van der Waals surface area contributed by atoms with Crippen LogP contribution in [0.1, 0.15) is 15.9 Å². The Bertz CT molecular complexity index is 671. The monoisotopic (exact) mass is 300 g/mol. The van der Waals surface area contributed by atoms with E-state index in [-0.39, 0.29) is 17.5 Å². The van der Waals surface area contributed by atoms with Gasteiger partial charge in [0.25, 0.3) is 5.91 Å². The number of aryl methyl sites for hydroxylation is 1. The first kappa shape index (κ1) is 15.0. The van der Waals surface area contributed by atoms with E-state index in [9.17, 15) is 4.79 Å². The minimum Gasteiger partial charge on any atom is -0.484 e. The zero-order valence-corrected chi connectivity index (χ0v) is 12.4. The molecule has 108 valence electrons. The summed E-state index contributed by atoms with van der Waals surface area (Å²) in [6, 6.07) is 14.5. The molecule has 0 aromatic heterocycles. The van der Waals surface area contributed by atoms with Crippen molar-refractivity contribution >= 4 is 28.8 Å². The Labute approximate surface area is 128 Å². The van der Waals surface area contributed by atoms with E-state index in [2.05, 4.69) is 5.32 Å². The van der Waals surface area contributed by atoms with E-state index in [4.69, 9.17) is 22.7 Å². The molecule has 2 aromatic carbocycles. The standard InChI is InChI=1S/C16H16N2O2S/c1-11-5-4-6-12(9-11)16(19)18-13-7-2-3-8-14(13)20-10-15(17)21/h2-9H,10H2,1H3,(H2,17,21)(H,18,19). The summed E-state index contributed by atoms with van der Waals surface area (Å²) in [7, 11) is 0. The van der Waals surface area contributed by atoms with E-state index in [1.54, 1.807) is 18.2 Å². The van der Waals surface area contributed by atoms with Gasteiger partial charge in [-0.05, 0) is 31.2 Å². The van der Waals surface area contributed by atoms with E-state index >= 15 is 0 Å². The van der Waals surface area contributed by atoms with Crippen molar-refractivity contribution in [3.05, 3.63) is 59.7 Å². The Morgan fingerprint density at radius 3 is 2.71 bits per heavy atom. The minimum atomic E-state index is -0.190. The van der Waals surface area contributed by atoms with Crippen LogP contribution in [-0.2, 0) is 0 Å². The van der Waals surface area contributed by atoms with Crippen LogP contribution in [0.15, 0.2) is 48.5 Å². The number of para-hydroxylation sites is 2. The number of nitrogens with one attached hydrogen (secondary N) is 1. The first-order valence-electron chi connectivity index (χ1n) is 6.44. The zero-order chi connectivity index (χ0) is 15.2. The van der Waals surface area contributed by atoms with Crippen molar-refractivity contribution < 1.29 is 9.53 Å². The predicted molar refractivity (Wildman–Crippen MR) is 87.9 cm³/mol. The lowest BCUT2D eigenvalue weighted by atomic mass is 10.1. The summed E-state index contributed by atoms with van der Waals surface area (Å²) in [6.45, 7) is 2.07. The average molecular weight is 300 g/mol. The van der Waals surface area contributed by atoms with Crippen molar-refractivity contribution in [3.63, 3.8) is 0 Å². The highest BCUT2D eigenvalue weighted by molar-refractivity contribution is 7.80. The number of hydrogen-bond acceptors (Lipinski definition) is 3. The number of hydrogen-bond donors (Lipinski definition) is 2. The van der Waals surface area contributed by atoms with Gasteiger partial charge < -0.3 is 15.8 Å². The molecule has 0 saturated heterocycles. The van der Waals surface area contributed by atoms with Crippen LogP contribution >= 0.6 is 12.2 Å². The first-order chi connectivity index (χ1) is 10.1. The minimum absolute atomic E-state index is 0.132. The maximum atomic E-state index is 12.2. The lowest BCUT2D eigenvalue weighted by molar-refractivity contribution is 0.102. The molecule has 2 aromatic rings. The number of benzene rings is 2. The molecule has 0 aliphatic rings. The summed E-state index contributed by atoms with van der Waals surface area (Å²) < 4.78 is 5.48. The molecule has 0 radical (unpaired) electrons. The van der Waals surface area contributed by atoms with Crippen LogP contribution in [-0.4, -0.2) is 17.5 Å². The van der Waals surface area contributed by atoms with Crippen molar-refractivity contribution in [1.82, 2.24) is 0 Å². The number of anilines is 1. The highest BCUT2D eigenvalue weighted by Gasteiger charge is 2.10. The van der Waals surface area contributed by atoms with Gasteiger partial charge in [-0.25, -0.2) is 0 Å². The summed E-state index contributed by atoms with van der Waals surface area (Å²) in [5, 5.41) is 2.83. The molecule has 0 fully saturated rings. The third kappa shape index (κ3) is 4.29. The fourth-order valence-corrected chi connectivity index (χ4v) is 1.88. The molecule has 1 amide bonds. The largest absolute Gasteiger partial charge is 0.484 e. The van der Waals surface area contributed by atoms with Crippen molar-refractivity contribution in [2.45, 2.75) is 6.92 Å². The number of carbonyl (C=O) groups is 1. The van der Waals surface area contributed by atoms with Crippen molar-refractivity contribution in [1.29, 1.82) is 0 Å². The number of thiocarbonyl (C=S) groups is 1. The number of ether oxygens (including phenoxy) is 1. The summed E-state index contributed by atoms with van der Waals surface area (Å²) in [5.41, 5.74) is 7.63. The van der Waals surface area contributed by atoms with Gasteiger partial charge in [-0.3, -0.25) is 4.79 Å². The molecule has 0 unspecified atom stereocenters. The summed E-state index contributed by atoms with van der Waals surface area (Å²) in [4.78, 5) is 12.5. The Morgan fingerprint density at radius 2 is 2.00 bits per heavy atom. The Kier molecular flexibility index (Phi) is 4.90. The number of amides is 1. The molecule has 3 N–H and O–H groups in total. The van der Waals surface area contributed by atoms with Gasteiger partial charge in [0, 0.05) is 5.56 Å².